The van der Waals surface area contributed by atoms with Crippen LogP contribution >= 0.6 is 11.3 Å². The zero-order valence-electron chi connectivity index (χ0n) is 13.1. The molecule has 24 heavy (non-hydrogen) atoms. The van der Waals surface area contributed by atoms with Crippen molar-refractivity contribution in [2.24, 2.45) is 10.8 Å². The summed E-state index contributed by atoms with van der Waals surface area (Å²) in [6.07, 6.45) is 2.97. The monoisotopic (exact) mass is 342 g/mol. The Balaban J connectivity index is 1.50. The fraction of sp³-hybridized carbons (Fsp3) is 0.389. The normalized spacial score (nSPS) is 28.0. The van der Waals surface area contributed by atoms with E-state index in [0.29, 0.717) is 37.2 Å². The van der Waals surface area contributed by atoms with E-state index in [1.54, 1.807) is 0 Å². The van der Waals surface area contributed by atoms with Gasteiger partial charge in [0.1, 0.15) is 0 Å². The number of hydrogen-bond acceptors (Lipinski definition) is 4. The maximum Gasteiger partial charge on any atom is 0.309 e. The van der Waals surface area contributed by atoms with Gasteiger partial charge in [0.25, 0.3) is 0 Å². The highest BCUT2D eigenvalue weighted by Gasteiger charge is 2.61. The van der Waals surface area contributed by atoms with Gasteiger partial charge in [0.15, 0.2) is 5.13 Å². The van der Waals surface area contributed by atoms with E-state index in [1.807, 2.05) is 35.7 Å². The fourth-order valence-electron chi connectivity index (χ4n) is 4.11. The Morgan fingerprint density at radius 2 is 1.75 bits per heavy atom. The van der Waals surface area contributed by atoms with E-state index in [4.69, 9.17) is 0 Å². The number of fused-ring (bicyclic) bond motifs is 2. The van der Waals surface area contributed by atoms with Gasteiger partial charge in [-0.25, -0.2) is 4.98 Å². The molecule has 124 valence electrons. The molecular formula is C18H18N2O3S. The zero-order valence-corrected chi connectivity index (χ0v) is 13.9. The molecule has 1 heterocycles. The first-order valence-corrected chi connectivity index (χ1v) is 8.97. The van der Waals surface area contributed by atoms with E-state index in [9.17, 15) is 14.7 Å². The molecule has 6 heteroatoms. The van der Waals surface area contributed by atoms with Gasteiger partial charge >= 0.3 is 5.97 Å². The van der Waals surface area contributed by atoms with Crippen molar-refractivity contribution in [3.63, 3.8) is 0 Å². The van der Waals surface area contributed by atoms with Crippen molar-refractivity contribution < 1.29 is 14.7 Å². The number of carbonyl (C=O) groups is 2. The lowest BCUT2D eigenvalue weighted by molar-refractivity contribution is -0.148. The lowest BCUT2D eigenvalue weighted by Gasteiger charge is -2.24. The molecule has 0 saturated heterocycles. The number of carbonyl (C=O) groups excluding carboxylic acids is 1. The van der Waals surface area contributed by atoms with Gasteiger partial charge in [-0.2, -0.15) is 0 Å². The molecule has 0 radical (unpaired) electrons. The standard InChI is InChI=1S/C18H18N2O3S/c21-14(17-6-8-18(11-17,9-7-17)15(22)23)20-16-19-13(10-24-16)12-4-2-1-3-5-12/h1-5,10H,6-9,11H2,(H,22,23)(H,19,20,21). The van der Waals surface area contributed by atoms with Crippen molar-refractivity contribution in [2.45, 2.75) is 32.1 Å². The van der Waals surface area contributed by atoms with Crippen LogP contribution < -0.4 is 5.32 Å². The van der Waals surface area contributed by atoms with Crippen molar-refractivity contribution in [1.29, 1.82) is 0 Å². The van der Waals surface area contributed by atoms with Crippen LogP contribution in [0.4, 0.5) is 5.13 Å². The molecule has 1 aromatic heterocycles. The van der Waals surface area contributed by atoms with Crippen molar-refractivity contribution in [1.82, 2.24) is 4.98 Å². The van der Waals surface area contributed by atoms with Crippen molar-refractivity contribution in [3.8, 4) is 11.3 Å². The lowest BCUT2D eigenvalue weighted by Crippen LogP contribution is -2.32. The van der Waals surface area contributed by atoms with Crippen LogP contribution in [0.3, 0.4) is 0 Å². The van der Waals surface area contributed by atoms with Gasteiger partial charge < -0.3 is 10.4 Å². The molecule has 0 atom stereocenters. The molecule has 2 fully saturated rings. The molecular weight excluding hydrogens is 324 g/mol. The van der Waals surface area contributed by atoms with E-state index in [2.05, 4.69) is 10.3 Å². The minimum Gasteiger partial charge on any atom is -0.481 e. The lowest BCUT2D eigenvalue weighted by atomic mass is 9.81. The van der Waals surface area contributed by atoms with Gasteiger partial charge in [-0.05, 0) is 32.1 Å². The second kappa shape index (κ2) is 5.41. The van der Waals surface area contributed by atoms with Gasteiger partial charge in [0.05, 0.1) is 16.5 Å². The summed E-state index contributed by atoms with van der Waals surface area (Å²) in [5, 5.41) is 14.9. The van der Waals surface area contributed by atoms with Crippen molar-refractivity contribution >= 4 is 28.3 Å². The third-order valence-corrected chi connectivity index (χ3v) is 6.33. The average molecular weight is 342 g/mol. The maximum absolute atomic E-state index is 12.8. The van der Waals surface area contributed by atoms with Crippen LogP contribution in [-0.2, 0) is 9.59 Å². The first-order chi connectivity index (χ1) is 11.5. The van der Waals surface area contributed by atoms with E-state index >= 15 is 0 Å². The third-order valence-electron chi connectivity index (χ3n) is 5.57. The second-order valence-corrected chi connectivity index (χ2v) is 7.76. The highest BCUT2D eigenvalue weighted by Crippen LogP contribution is 2.62. The van der Waals surface area contributed by atoms with Crippen molar-refractivity contribution in [2.75, 3.05) is 5.32 Å². The number of aliphatic carboxylic acids is 1. The Kier molecular flexibility index (Phi) is 3.46. The first kappa shape index (κ1) is 15.3. The molecule has 2 aromatic rings. The van der Waals surface area contributed by atoms with Crippen LogP contribution in [0.5, 0.6) is 0 Å². The minimum absolute atomic E-state index is 0.0721. The van der Waals surface area contributed by atoms with E-state index < -0.39 is 16.8 Å². The molecule has 1 amide bonds. The van der Waals surface area contributed by atoms with Crippen molar-refractivity contribution in [3.05, 3.63) is 35.7 Å². The molecule has 4 rings (SSSR count). The summed E-state index contributed by atoms with van der Waals surface area (Å²) < 4.78 is 0. The fourth-order valence-corrected chi connectivity index (χ4v) is 4.82. The number of thiazole rings is 1. The molecule has 2 saturated carbocycles. The summed E-state index contributed by atoms with van der Waals surface area (Å²) >= 11 is 1.40. The Hall–Kier alpha value is -2.21. The Morgan fingerprint density at radius 3 is 2.38 bits per heavy atom. The predicted molar refractivity (Wildman–Crippen MR) is 91.8 cm³/mol. The smallest absolute Gasteiger partial charge is 0.309 e. The SMILES string of the molecule is O=C(O)C12CCC(C(=O)Nc3nc(-c4ccccc4)cs3)(CC1)C2. The number of amides is 1. The summed E-state index contributed by atoms with van der Waals surface area (Å²) in [4.78, 5) is 28.8. The summed E-state index contributed by atoms with van der Waals surface area (Å²) in [6.45, 7) is 0. The molecule has 0 unspecified atom stereocenters. The van der Waals surface area contributed by atoms with Gasteiger partial charge in [0, 0.05) is 10.9 Å². The van der Waals surface area contributed by atoms with Gasteiger partial charge in [0.2, 0.25) is 5.91 Å². The first-order valence-electron chi connectivity index (χ1n) is 8.09. The largest absolute Gasteiger partial charge is 0.481 e. The molecule has 2 N–H and O–H groups in total. The Morgan fingerprint density at radius 1 is 1.08 bits per heavy atom. The summed E-state index contributed by atoms with van der Waals surface area (Å²) in [5.41, 5.74) is 0.636. The summed E-state index contributed by atoms with van der Waals surface area (Å²) in [7, 11) is 0. The highest BCUT2D eigenvalue weighted by molar-refractivity contribution is 7.14. The Labute approximate surface area is 143 Å². The molecule has 2 aliphatic rings. The average Bonchev–Trinajstić information content (AvgIpc) is 3.30. The number of nitrogens with one attached hydrogen (secondary N) is 1. The minimum atomic E-state index is -0.754. The van der Waals surface area contributed by atoms with Crippen LogP contribution in [-0.4, -0.2) is 22.0 Å². The second-order valence-electron chi connectivity index (χ2n) is 6.90. The molecule has 1 aromatic carbocycles. The highest BCUT2D eigenvalue weighted by atomic mass is 32.1. The van der Waals surface area contributed by atoms with Crippen LogP contribution in [0.2, 0.25) is 0 Å². The molecule has 5 nitrogen and oxygen atoms in total. The number of hydrogen-bond donors (Lipinski definition) is 2. The van der Waals surface area contributed by atoms with Gasteiger partial charge in [-0.15, -0.1) is 11.3 Å². The predicted octanol–water partition coefficient (Wildman–Crippen LogP) is 3.78. The number of aromatic nitrogens is 1. The third kappa shape index (κ3) is 2.33. The van der Waals surface area contributed by atoms with E-state index in [-0.39, 0.29) is 5.91 Å². The number of benzene rings is 1. The summed E-state index contributed by atoms with van der Waals surface area (Å²) in [5.74, 6) is -0.827. The van der Waals surface area contributed by atoms with E-state index in [0.717, 1.165) is 11.3 Å². The summed E-state index contributed by atoms with van der Waals surface area (Å²) in [6, 6.07) is 9.82. The van der Waals surface area contributed by atoms with Gasteiger partial charge in [-0.3, -0.25) is 9.59 Å². The van der Waals surface area contributed by atoms with Crippen LogP contribution in [0, 0.1) is 10.8 Å². The Bertz CT molecular complexity index is 792. The number of carboxylic acids is 1. The number of anilines is 1. The molecule has 2 bridgehead atoms. The van der Waals surface area contributed by atoms with Crippen LogP contribution in [0.1, 0.15) is 32.1 Å². The zero-order chi connectivity index (χ0) is 16.8. The number of carboxylic acid groups (broad SMARTS) is 1. The van der Waals surface area contributed by atoms with E-state index in [1.165, 1.54) is 11.3 Å². The molecule has 0 aliphatic heterocycles. The quantitative estimate of drug-likeness (QED) is 0.886. The topological polar surface area (TPSA) is 79.3 Å². The number of nitrogens with zero attached hydrogens (tertiary/aromatic N) is 1. The molecule has 0 spiro atoms. The van der Waals surface area contributed by atoms with Crippen LogP contribution in [0.15, 0.2) is 35.7 Å². The van der Waals surface area contributed by atoms with Crippen LogP contribution in [0.25, 0.3) is 11.3 Å². The molecule has 2 aliphatic carbocycles. The number of rotatable bonds is 4. The maximum atomic E-state index is 12.8. The van der Waals surface area contributed by atoms with Gasteiger partial charge in [-0.1, -0.05) is 30.3 Å².